The molecule has 2 aliphatic rings. The molecular weight excluding hydrogens is 553 g/mol. The van der Waals surface area contributed by atoms with E-state index in [0.29, 0.717) is 27.1 Å². The third kappa shape index (κ3) is 5.05. The fraction of sp³-hybridized carbons (Fsp3) is 0.300. The van der Waals surface area contributed by atoms with Crippen molar-refractivity contribution in [2.24, 2.45) is 0 Å². The van der Waals surface area contributed by atoms with E-state index in [0.717, 1.165) is 54.9 Å². The molecule has 0 unspecified atom stereocenters. The molecule has 206 valence electrons. The van der Waals surface area contributed by atoms with Crippen molar-refractivity contribution in [2.75, 3.05) is 13.1 Å². The molecule has 1 saturated heterocycles. The molecule has 6 rings (SSSR count). The van der Waals surface area contributed by atoms with Crippen molar-refractivity contribution in [3.05, 3.63) is 93.0 Å². The summed E-state index contributed by atoms with van der Waals surface area (Å²) in [6.45, 7) is 6.28. The van der Waals surface area contributed by atoms with Crippen LogP contribution in [-0.2, 0) is 12.3 Å². The monoisotopic (exact) mass is 579 g/mol. The number of pyridine rings is 1. The maximum Gasteiger partial charge on any atom is 0.355 e. The zero-order valence-corrected chi connectivity index (χ0v) is 23.6. The van der Waals surface area contributed by atoms with Crippen LogP contribution in [0.4, 0.5) is 4.39 Å². The largest absolute Gasteiger partial charge is 0.476 e. The van der Waals surface area contributed by atoms with Crippen molar-refractivity contribution < 1.29 is 23.8 Å². The summed E-state index contributed by atoms with van der Waals surface area (Å²) in [5, 5.41) is 11.7. The number of ether oxygens (including phenoxy) is 2. The molecule has 7 nitrogen and oxygen atoms in total. The Morgan fingerprint density at radius 1 is 1.23 bits per heavy atom. The maximum atomic E-state index is 14.7. The number of aromatic carboxylic acids is 1. The van der Waals surface area contributed by atoms with Crippen molar-refractivity contribution in [2.45, 2.75) is 44.9 Å². The van der Waals surface area contributed by atoms with Crippen molar-refractivity contribution in [3.63, 3.8) is 0 Å². The highest BCUT2D eigenvalue weighted by molar-refractivity contribution is 7.13. The average molecular weight is 580 g/mol. The van der Waals surface area contributed by atoms with Gasteiger partial charge < -0.3 is 14.6 Å². The van der Waals surface area contributed by atoms with E-state index in [1.165, 1.54) is 17.4 Å². The molecule has 0 spiro atoms. The number of rotatable bonds is 6. The van der Waals surface area contributed by atoms with Gasteiger partial charge in [0.2, 0.25) is 0 Å². The topological polar surface area (TPSA) is 84.8 Å². The summed E-state index contributed by atoms with van der Waals surface area (Å²) in [4.78, 5) is 22.4. The normalized spacial score (nSPS) is 19.2. The maximum absolute atomic E-state index is 14.7. The van der Waals surface area contributed by atoms with E-state index in [-0.39, 0.29) is 11.6 Å². The predicted octanol–water partition coefficient (Wildman–Crippen LogP) is 7.03. The van der Waals surface area contributed by atoms with Crippen LogP contribution in [0, 0.1) is 12.7 Å². The van der Waals surface area contributed by atoms with E-state index in [9.17, 15) is 9.18 Å². The van der Waals surface area contributed by atoms with Gasteiger partial charge >= 0.3 is 5.97 Å². The van der Waals surface area contributed by atoms with Crippen LogP contribution in [0.3, 0.4) is 0 Å². The Kier molecular flexibility index (Phi) is 6.98. The number of aromatic nitrogens is 2. The van der Waals surface area contributed by atoms with Gasteiger partial charge in [-0.1, -0.05) is 23.7 Å². The number of halogens is 2. The molecule has 0 bridgehead atoms. The molecular formula is C30H27ClFN3O4S. The Bertz CT molecular complexity index is 1600. The van der Waals surface area contributed by atoms with E-state index in [4.69, 9.17) is 26.2 Å². The first-order valence-corrected chi connectivity index (χ1v) is 14.3. The molecule has 40 heavy (non-hydrogen) atoms. The van der Waals surface area contributed by atoms with Gasteiger partial charge in [0.05, 0.1) is 11.3 Å². The lowest BCUT2D eigenvalue weighted by Crippen LogP contribution is -2.34. The van der Waals surface area contributed by atoms with E-state index in [1.54, 1.807) is 30.6 Å². The smallest absolute Gasteiger partial charge is 0.355 e. The first-order chi connectivity index (χ1) is 19.2. The summed E-state index contributed by atoms with van der Waals surface area (Å²) in [7, 11) is 0. The van der Waals surface area contributed by atoms with Crippen molar-refractivity contribution in [1.29, 1.82) is 0 Å². The van der Waals surface area contributed by atoms with Crippen LogP contribution in [0.2, 0.25) is 5.02 Å². The molecule has 0 saturated carbocycles. The molecule has 4 heterocycles. The van der Waals surface area contributed by atoms with Crippen LogP contribution in [-0.4, -0.2) is 39.0 Å². The first kappa shape index (κ1) is 26.7. The van der Waals surface area contributed by atoms with Crippen LogP contribution in [0.15, 0.2) is 54.0 Å². The lowest BCUT2D eigenvalue weighted by Gasteiger charge is -2.32. The highest BCUT2D eigenvalue weighted by Gasteiger charge is 2.43. The Labute approximate surface area is 240 Å². The van der Waals surface area contributed by atoms with E-state index in [2.05, 4.69) is 20.9 Å². The minimum atomic E-state index is -1.27. The fourth-order valence-electron chi connectivity index (χ4n) is 5.44. The standard InChI is InChI=1S/C30H27ClFN3O4S/c1-17-12-19(28-34-25(16-40-28)29(36)37)14-33-24(17)15-35-10-8-18(9-11-35)21-4-3-5-26-27(21)39-30(2,38-26)22-7-6-20(31)13-23(22)32/h3-7,12-14,16,18H,8-11,15H2,1-2H3,(H,36,37)/t30-/m1/s1. The molecule has 0 amide bonds. The quantitative estimate of drug-likeness (QED) is 0.262. The van der Waals surface area contributed by atoms with Crippen LogP contribution >= 0.6 is 22.9 Å². The average Bonchev–Trinajstić information content (AvgIpc) is 3.55. The Morgan fingerprint density at radius 3 is 2.73 bits per heavy atom. The number of para-hydroxylation sites is 1. The number of hydrogen-bond acceptors (Lipinski definition) is 7. The number of benzene rings is 2. The number of carbonyl (C=O) groups is 1. The van der Waals surface area contributed by atoms with Crippen molar-refractivity contribution in [1.82, 2.24) is 14.9 Å². The first-order valence-electron chi connectivity index (χ1n) is 13.0. The van der Waals surface area contributed by atoms with E-state index >= 15 is 0 Å². The number of nitrogens with zero attached hydrogens (tertiary/aromatic N) is 3. The van der Waals surface area contributed by atoms with Crippen molar-refractivity contribution in [3.8, 4) is 22.1 Å². The van der Waals surface area contributed by atoms with Crippen LogP contribution in [0.1, 0.15) is 58.6 Å². The van der Waals surface area contributed by atoms with Gasteiger partial charge in [-0.3, -0.25) is 9.88 Å². The zero-order valence-electron chi connectivity index (χ0n) is 22.0. The molecule has 2 aliphatic heterocycles. The second-order valence-corrected chi connectivity index (χ2v) is 11.6. The van der Waals surface area contributed by atoms with Gasteiger partial charge in [0, 0.05) is 41.2 Å². The molecule has 0 radical (unpaired) electrons. The van der Waals surface area contributed by atoms with Crippen LogP contribution in [0.5, 0.6) is 11.5 Å². The minimum Gasteiger partial charge on any atom is -0.476 e. The van der Waals surface area contributed by atoms with Gasteiger partial charge in [0.15, 0.2) is 17.2 Å². The van der Waals surface area contributed by atoms with Crippen LogP contribution < -0.4 is 9.47 Å². The number of aryl methyl sites for hydroxylation is 1. The fourth-order valence-corrected chi connectivity index (χ4v) is 6.38. The Morgan fingerprint density at radius 2 is 2.02 bits per heavy atom. The SMILES string of the molecule is Cc1cc(-c2nc(C(=O)O)cs2)cnc1CN1CCC(c2cccc3c2O[C@](C)(c2ccc(Cl)cc2F)O3)CC1. The molecule has 10 heteroatoms. The number of piperidine rings is 1. The Hall–Kier alpha value is -3.53. The van der Waals surface area contributed by atoms with Crippen molar-refractivity contribution >= 4 is 28.9 Å². The summed E-state index contributed by atoms with van der Waals surface area (Å²) < 4.78 is 27.2. The molecule has 4 aromatic rings. The second kappa shape index (κ2) is 10.5. The number of carboxylic acids is 1. The zero-order chi connectivity index (χ0) is 28.0. The third-order valence-corrected chi connectivity index (χ3v) is 8.72. The summed E-state index contributed by atoms with van der Waals surface area (Å²) in [6.07, 6.45) is 3.66. The summed E-state index contributed by atoms with van der Waals surface area (Å²) >= 11 is 7.25. The molecule has 1 fully saturated rings. The lowest BCUT2D eigenvalue weighted by molar-refractivity contribution is -0.0712. The van der Waals surface area contributed by atoms with E-state index < -0.39 is 17.6 Å². The minimum absolute atomic E-state index is 0.0485. The molecule has 0 aliphatic carbocycles. The third-order valence-electron chi connectivity index (χ3n) is 7.59. The number of carboxylic acid groups (broad SMARTS) is 1. The molecule has 1 atom stereocenters. The van der Waals surface area contributed by atoms with Gasteiger partial charge in [-0.15, -0.1) is 11.3 Å². The summed E-state index contributed by atoms with van der Waals surface area (Å²) in [5.41, 5.74) is 4.30. The summed E-state index contributed by atoms with van der Waals surface area (Å²) in [6, 6.07) is 12.4. The Balaban J connectivity index is 1.12. The van der Waals surface area contributed by atoms with Gasteiger partial charge in [-0.25, -0.2) is 14.2 Å². The van der Waals surface area contributed by atoms with Gasteiger partial charge in [0.1, 0.15) is 10.8 Å². The van der Waals surface area contributed by atoms with Crippen LogP contribution in [0.25, 0.3) is 10.6 Å². The van der Waals surface area contributed by atoms with Gasteiger partial charge in [-0.2, -0.15) is 0 Å². The molecule has 2 aromatic carbocycles. The number of fused-ring (bicyclic) bond motifs is 1. The second-order valence-electron chi connectivity index (χ2n) is 10.3. The highest BCUT2D eigenvalue weighted by Crippen LogP contribution is 2.49. The summed E-state index contributed by atoms with van der Waals surface area (Å²) in [5.74, 6) is -1.18. The number of thiazole rings is 1. The highest BCUT2D eigenvalue weighted by atomic mass is 35.5. The van der Waals surface area contributed by atoms with Gasteiger partial charge in [0.25, 0.3) is 5.79 Å². The van der Waals surface area contributed by atoms with Gasteiger partial charge in [-0.05, 0) is 74.7 Å². The molecule has 1 N–H and O–H groups in total. The number of hydrogen-bond donors (Lipinski definition) is 1. The molecule has 2 aromatic heterocycles. The lowest BCUT2D eigenvalue weighted by atomic mass is 9.88. The number of likely N-dealkylation sites (tertiary alicyclic amines) is 1. The predicted molar refractivity (Wildman–Crippen MR) is 151 cm³/mol. The van der Waals surface area contributed by atoms with E-state index in [1.807, 2.05) is 25.1 Å².